The van der Waals surface area contributed by atoms with Gasteiger partial charge in [-0.1, -0.05) is 224 Å². The molecule has 0 fully saturated rings. The fourth-order valence-corrected chi connectivity index (χ4v) is 12.1. The lowest BCUT2D eigenvalue weighted by Gasteiger charge is -2.28. The van der Waals surface area contributed by atoms with Gasteiger partial charge in [-0.05, 0) is 154 Å². The second-order valence-electron chi connectivity index (χ2n) is 21.4. The van der Waals surface area contributed by atoms with E-state index in [9.17, 15) is 0 Å². The number of nitrogens with zero attached hydrogens (tertiary/aromatic N) is 2. The average Bonchev–Trinajstić information content (AvgIpc) is 3.88. The van der Waals surface area contributed by atoms with Crippen molar-refractivity contribution in [3.63, 3.8) is 0 Å². The maximum absolute atomic E-state index is 2.49. The number of fused-ring (bicyclic) bond motifs is 6. The highest BCUT2D eigenvalue weighted by atomic mass is 15.1. The molecule has 1 heterocycles. The third-order valence-corrected chi connectivity index (χ3v) is 15.8. The van der Waals surface area contributed by atoms with Crippen LogP contribution >= 0.6 is 0 Å². The minimum absolute atomic E-state index is 0.109. The monoisotopic (exact) mass is 951 g/mol. The van der Waals surface area contributed by atoms with Gasteiger partial charge in [0.05, 0.1) is 11.0 Å². The van der Waals surface area contributed by atoms with Crippen molar-refractivity contribution < 1.29 is 0 Å². The van der Waals surface area contributed by atoms with Crippen molar-refractivity contribution in [2.24, 2.45) is 0 Å². The van der Waals surface area contributed by atoms with Crippen molar-refractivity contribution in [1.29, 1.82) is 0 Å². The molecular weight excluding hydrogens is 881 g/mol. The minimum Gasteiger partial charge on any atom is -0.310 e. The number of para-hydroxylation sites is 1. The molecule has 73 heavy (non-hydrogen) atoms. The van der Waals surface area contributed by atoms with Crippen molar-refractivity contribution in [3.8, 4) is 50.2 Å². The van der Waals surface area contributed by atoms with Crippen LogP contribution in [0.5, 0.6) is 0 Å². The van der Waals surface area contributed by atoms with Gasteiger partial charge in [0.1, 0.15) is 0 Å². The second-order valence-corrected chi connectivity index (χ2v) is 21.4. The molecule has 364 valence electrons. The highest BCUT2D eigenvalue weighted by Crippen LogP contribution is 2.51. The summed E-state index contributed by atoms with van der Waals surface area (Å²) >= 11 is 0. The number of hydrogen-bond acceptors (Lipinski definition) is 1. The first-order valence-electron chi connectivity index (χ1n) is 27.3. The molecule has 2 heteroatoms. The Bertz CT molecular complexity index is 3530. The van der Waals surface area contributed by atoms with E-state index in [1.165, 1.54) is 164 Å². The van der Waals surface area contributed by atoms with Gasteiger partial charge in [0.25, 0.3) is 0 Å². The van der Waals surface area contributed by atoms with Crippen LogP contribution < -0.4 is 4.90 Å². The molecule has 10 aromatic rings. The maximum atomic E-state index is 2.49. The van der Waals surface area contributed by atoms with Crippen LogP contribution in [-0.2, 0) is 11.8 Å². The summed E-state index contributed by atoms with van der Waals surface area (Å²) in [6.07, 6.45) is 14.8. The highest BCUT2D eigenvalue weighted by molar-refractivity contribution is 6.16. The van der Waals surface area contributed by atoms with Crippen molar-refractivity contribution in [2.75, 3.05) is 4.90 Å². The zero-order chi connectivity index (χ0) is 49.9. The topological polar surface area (TPSA) is 8.17 Å². The summed E-state index contributed by atoms with van der Waals surface area (Å²) in [7, 11) is 0. The lowest BCUT2D eigenvalue weighted by Crippen LogP contribution is -2.16. The Morgan fingerprint density at radius 3 is 1.70 bits per heavy atom. The number of unbranched alkanes of at least 4 members (excludes halogenated alkanes) is 9. The van der Waals surface area contributed by atoms with Gasteiger partial charge >= 0.3 is 0 Å². The molecule has 0 unspecified atom stereocenters. The molecule has 0 atom stereocenters. The Morgan fingerprint density at radius 2 is 0.959 bits per heavy atom. The van der Waals surface area contributed by atoms with Crippen molar-refractivity contribution >= 4 is 38.9 Å². The molecule has 0 bridgehead atoms. The Balaban J connectivity index is 0.918. The first kappa shape index (κ1) is 47.9. The molecule has 9 aromatic carbocycles. The Kier molecular flexibility index (Phi) is 13.8. The fraction of sp³-hybridized carbons (Fsp3) is 0.239. The fourth-order valence-electron chi connectivity index (χ4n) is 12.1. The lowest BCUT2D eigenvalue weighted by atomic mass is 9.82. The van der Waals surface area contributed by atoms with E-state index in [-0.39, 0.29) is 5.41 Å². The molecular formula is C71H70N2. The van der Waals surface area contributed by atoms with Gasteiger partial charge < -0.3 is 9.47 Å². The molecule has 11 rings (SSSR count). The van der Waals surface area contributed by atoms with Crippen LogP contribution in [0.4, 0.5) is 17.1 Å². The van der Waals surface area contributed by atoms with Crippen LogP contribution in [0.3, 0.4) is 0 Å². The van der Waals surface area contributed by atoms with Gasteiger partial charge in [0.15, 0.2) is 0 Å². The maximum Gasteiger partial charge on any atom is 0.0547 e. The van der Waals surface area contributed by atoms with E-state index in [1.807, 2.05) is 0 Å². The molecule has 0 N–H and O–H groups in total. The van der Waals surface area contributed by atoms with Crippen LogP contribution in [0.25, 0.3) is 72.0 Å². The summed E-state index contributed by atoms with van der Waals surface area (Å²) in [6.45, 7) is 11.5. The number of rotatable bonds is 18. The van der Waals surface area contributed by atoms with E-state index in [0.29, 0.717) is 0 Å². The molecule has 1 aromatic heterocycles. The highest BCUT2D eigenvalue weighted by Gasteiger charge is 2.35. The summed E-state index contributed by atoms with van der Waals surface area (Å²) in [5.41, 5.74) is 23.8. The van der Waals surface area contributed by atoms with Crippen LogP contribution in [0.1, 0.15) is 113 Å². The Morgan fingerprint density at radius 1 is 0.397 bits per heavy atom. The molecule has 0 saturated heterocycles. The van der Waals surface area contributed by atoms with Gasteiger partial charge in [-0.25, -0.2) is 0 Å². The molecule has 1 aliphatic carbocycles. The van der Waals surface area contributed by atoms with Gasteiger partial charge in [-0.15, -0.1) is 0 Å². The van der Waals surface area contributed by atoms with E-state index in [2.05, 4.69) is 244 Å². The smallest absolute Gasteiger partial charge is 0.0547 e. The van der Waals surface area contributed by atoms with Crippen molar-refractivity contribution in [1.82, 2.24) is 4.57 Å². The third-order valence-electron chi connectivity index (χ3n) is 15.8. The summed E-state index contributed by atoms with van der Waals surface area (Å²) in [4.78, 5) is 2.43. The van der Waals surface area contributed by atoms with Crippen molar-refractivity contribution in [2.45, 2.75) is 111 Å². The summed E-state index contributed by atoms with van der Waals surface area (Å²) in [5.74, 6) is 0. The molecule has 0 radical (unpaired) electrons. The third kappa shape index (κ3) is 9.69. The van der Waals surface area contributed by atoms with Gasteiger partial charge in [-0.2, -0.15) is 0 Å². The zero-order valence-electron chi connectivity index (χ0n) is 43.7. The average molecular weight is 951 g/mol. The second kappa shape index (κ2) is 21.0. The van der Waals surface area contributed by atoms with Gasteiger partial charge in [0.2, 0.25) is 0 Å². The number of aryl methyl sites for hydroxylation is 3. The number of benzene rings is 9. The van der Waals surface area contributed by atoms with Gasteiger partial charge in [0, 0.05) is 38.9 Å². The molecule has 0 spiro atoms. The SMILES string of the molecule is CCCCCCCCCCCCc1cc(C)cc(-c2cc(C)cc(-n3c4ccccc4c4c(-c5ccc(N(c6ccc(-c7ccccc7)cc6)c6ccc7c(c6)C(C)(C)c6ccccc6-7)cc5)cccc43)c2)c1. The van der Waals surface area contributed by atoms with Crippen LogP contribution in [-0.4, -0.2) is 4.57 Å². The van der Waals surface area contributed by atoms with E-state index >= 15 is 0 Å². The van der Waals surface area contributed by atoms with Crippen LogP contribution in [0.2, 0.25) is 0 Å². The predicted octanol–water partition coefficient (Wildman–Crippen LogP) is 20.6. The van der Waals surface area contributed by atoms with Gasteiger partial charge in [-0.3, -0.25) is 0 Å². The largest absolute Gasteiger partial charge is 0.310 e. The zero-order valence-corrected chi connectivity index (χ0v) is 43.7. The molecule has 2 nitrogen and oxygen atoms in total. The van der Waals surface area contributed by atoms with Crippen LogP contribution in [0, 0.1) is 13.8 Å². The van der Waals surface area contributed by atoms with Crippen molar-refractivity contribution in [3.05, 3.63) is 228 Å². The van der Waals surface area contributed by atoms with E-state index in [4.69, 9.17) is 0 Å². The Labute approximate surface area is 435 Å². The molecule has 0 amide bonds. The summed E-state index contributed by atoms with van der Waals surface area (Å²) in [5, 5.41) is 2.54. The number of anilines is 3. The normalized spacial score (nSPS) is 12.6. The molecule has 0 saturated carbocycles. The number of hydrogen-bond donors (Lipinski definition) is 0. The van der Waals surface area contributed by atoms with E-state index < -0.39 is 0 Å². The quantitative estimate of drug-likeness (QED) is 0.0778. The predicted molar refractivity (Wildman–Crippen MR) is 314 cm³/mol. The van der Waals surface area contributed by atoms with E-state index in [1.54, 1.807) is 0 Å². The van der Waals surface area contributed by atoms with E-state index in [0.717, 1.165) is 23.5 Å². The minimum atomic E-state index is -0.109. The standard InChI is InChI=1S/C71H70N2/c1-6-7-8-9-10-11-12-13-14-16-24-52-43-50(2)44-56(47-52)57-45-51(3)46-61(48-57)73-68-31-22-20-28-65(68)70-62(29-23-32-69(70)73)55-35-39-59(40-36-55)72(58-37-33-54(34-38-58)53-25-17-15-18-26-53)60-41-42-64-63-27-19-21-30-66(63)71(4,5)67(64)49-60/h15,17-23,25-49H,6-14,16,24H2,1-5H3. The first-order valence-corrected chi connectivity index (χ1v) is 27.3. The summed E-state index contributed by atoms with van der Waals surface area (Å²) in [6, 6.07) is 75.2. The Hall–Kier alpha value is -7.42. The molecule has 0 aliphatic heterocycles. The lowest BCUT2D eigenvalue weighted by molar-refractivity contribution is 0.556. The van der Waals surface area contributed by atoms with Crippen LogP contribution in [0.15, 0.2) is 200 Å². The number of aromatic nitrogens is 1. The molecule has 1 aliphatic rings. The summed E-state index contributed by atoms with van der Waals surface area (Å²) < 4.78 is 2.49. The first-order chi connectivity index (χ1) is 35.7.